The molecule has 0 amide bonds. The van der Waals surface area contributed by atoms with Crippen LogP contribution in [-0.2, 0) is 9.53 Å². The maximum absolute atomic E-state index is 11.2. The van der Waals surface area contributed by atoms with E-state index in [0.717, 1.165) is 32.5 Å². The predicted octanol–water partition coefficient (Wildman–Crippen LogP) is -0.158. The van der Waals surface area contributed by atoms with Crippen LogP contribution in [0.4, 0.5) is 0 Å². The fourth-order valence-corrected chi connectivity index (χ4v) is 2.37. The molecule has 1 saturated heterocycles. The van der Waals surface area contributed by atoms with E-state index in [9.17, 15) is 4.79 Å². The van der Waals surface area contributed by atoms with Gasteiger partial charge >= 0.3 is 5.97 Å². The number of rotatable bonds is 6. The molecule has 0 saturated carbocycles. The van der Waals surface area contributed by atoms with Crippen LogP contribution in [0.1, 0.15) is 19.8 Å². The maximum Gasteiger partial charge on any atom is 0.319 e. The van der Waals surface area contributed by atoms with Crippen molar-refractivity contribution in [3.05, 3.63) is 0 Å². The largest absolute Gasteiger partial charge is 0.468 e. The summed E-state index contributed by atoms with van der Waals surface area (Å²) in [6.45, 7) is 5.46. The van der Waals surface area contributed by atoms with Crippen LogP contribution >= 0.6 is 0 Å². The summed E-state index contributed by atoms with van der Waals surface area (Å²) >= 11 is 0. The summed E-state index contributed by atoms with van der Waals surface area (Å²) in [6, 6.07) is 0.412. The standard InChI is InChI=1S/C12H24N2O3/c1-10-6-11(13-4-3-5-15)8-14(7-10)9-12(16)17-2/h10-11,13,15H,3-9H2,1-2H3. The number of nitrogens with one attached hydrogen (secondary N) is 1. The Morgan fingerprint density at radius 2 is 2.29 bits per heavy atom. The van der Waals surface area contributed by atoms with E-state index >= 15 is 0 Å². The Kier molecular flexibility index (Phi) is 6.47. The van der Waals surface area contributed by atoms with Gasteiger partial charge in [0.25, 0.3) is 0 Å². The highest BCUT2D eigenvalue weighted by Gasteiger charge is 2.25. The van der Waals surface area contributed by atoms with E-state index in [4.69, 9.17) is 5.11 Å². The van der Waals surface area contributed by atoms with Crippen molar-refractivity contribution in [1.29, 1.82) is 0 Å². The number of aliphatic hydroxyl groups is 1. The second-order valence-corrected chi connectivity index (χ2v) is 4.84. The van der Waals surface area contributed by atoms with E-state index < -0.39 is 0 Å². The molecule has 0 spiro atoms. The number of likely N-dealkylation sites (tertiary alicyclic amines) is 1. The molecule has 5 nitrogen and oxygen atoms in total. The van der Waals surface area contributed by atoms with Crippen LogP contribution in [0.2, 0.25) is 0 Å². The Balaban J connectivity index is 2.33. The molecular formula is C12H24N2O3. The molecule has 1 fully saturated rings. The molecule has 0 aromatic heterocycles. The van der Waals surface area contributed by atoms with Crippen LogP contribution < -0.4 is 5.32 Å². The highest BCUT2D eigenvalue weighted by Crippen LogP contribution is 2.16. The van der Waals surface area contributed by atoms with Crippen LogP contribution in [0.25, 0.3) is 0 Å². The maximum atomic E-state index is 11.2. The molecule has 1 aliphatic heterocycles. The number of nitrogens with zero attached hydrogens (tertiary/aromatic N) is 1. The third kappa shape index (κ3) is 5.48. The van der Waals surface area contributed by atoms with Gasteiger partial charge in [0, 0.05) is 25.7 Å². The van der Waals surface area contributed by atoms with Crippen molar-refractivity contribution in [3.63, 3.8) is 0 Å². The molecule has 0 aliphatic carbocycles. The molecule has 0 radical (unpaired) electrons. The first kappa shape index (κ1) is 14.4. The number of carbonyl (C=O) groups is 1. The molecule has 2 unspecified atom stereocenters. The van der Waals surface area contributed by atoms with E-state index in [1.54, 1.807) is 0 Å². The average Bonchev–Trinajstić information content (AvgIpc) is 2.28. The average molecular weight is 244 g/mol. The molecular weight excluding hydrogens is 220 g/mol. The molecule has 1 aliphatic rings. The third-order valence-electron chi connectivity index (χ3n) is 3.08. The number of piperidine rings is 1. The molecule has 0 aromatic carbocycles. The Hall–Kier alpha value is -0.650. The summed E-state index contributed by atoms with van der Waals surface area (Å²) in [5.74, 6) is 0.410. The molecule has 1 heterocycles. The summed E-state index contributed by atoms with van der Waals surface area (Å²) in [5.41, 5.74) is 0. The molecule has 5 heteroatoms. The number of aliphatic hydroxyl groups excluding tert-OH is 1. The summed E-state index contributed by atoms with van der Waals surface area (Å²) in [4.78, 5) is 13.4. The SMILES string of the molecule is COC(=O)CN1CC(C)CC(NCCCO)C1. The van der Waals surface area contributed by atoms with Gasteiger partial charge in [0.1, 0.15) is 0 Å². The Bertz CT molecular complexity index is 236. The first-order valence-corrected chi connectivity index (χ1v) is 6.29. The van der Waals surface area contributed by atoms with Gasteiger partial charge in [0.2, 0.25) is 0 Å². The van der Waals surface area contributed by atoms with Gasteiger partial charge in [-0.15, -0.1) is 0 Å². The van der Waals surface area contributed by atoms with Crippen molar-refractivity contribution in [2.24, 2.45) is 5.92 Å². The van der Waals surface area contributed by atoms with Gasteiger partial charge in [-0.25, -0.2) is 0 Å². The second-order valence-electron chi connectivity index (χ2n) is 4.84. The Labute approximate surface area is 103 Å². The molecule has 0 bridgehead atoms. The lowest BCUT2D eigenvalue weighted by molar-refractivity contribution is -0.142. The monoisotopic (exact) mass is 244 g/mol. The fourth-order valence-electron chi connectivity index (χ4n) is 2.37. The third-order valence-corrected chi connectivity index (χ3v) is 3.08. The van der Waals surface area contributed by atoms with Crippen molar-refractivity contribution in [3.8, 4) is 0 Å². The molecule has 100 valence electrons. The first-order chi connectivity index (χ1) is 8.15. The number of carbonyl (C=O) groups excluding carboxylic acids is 1. The van der Waals surface area contributed by atoms with Gasteiger partial charge in [0.05, 0.1) is 13.7 Å². The quantitative estimate of drug-likeness (QED) is 0.502. The van der Waals surface area contributed by atoms with Gasteiger partial charge in [-0.1, -0.05) is 6.92 Å². The van der Waals surface area contributed by atoms with Crippen LogP contribution in [0.15, 0.2) is 0 Å². The van der Waals surface area contributed by atoms with E-state index in [1.165, 1.54) is 7.11 Å². The lowest BCUT2D eigenvalue weighted by Gasteiger charge is -2.36. The molecule has 1 rings (SSSR count). The topological polar surface area (TPSA) is 61.8 Å². The lowest BCUT2D eigenvalue weighted by atomic mass is 9.96. The molecule has 17 heavy (non-hydrogen) atoms. The number of hydrogen-bond donors (Lipinski definition) is 2. The van der Waals surface area contributed by atoms with E-state index in [0.29, 0.717) is 18.5 Å². The van der Waals surface area contributed by atoms with Crippen molar-refractivity contribution < 1.29 is 14.6 Å². The smallest absolute Gasteiger partial charge is 0.319 e. The van der Waals surface area contributed by atoms with Crippen molar-refractivity contribution >= 4 is 5.97 Å². The first-order valence-electron chi connectivity index (χ1n) is 6.29. The van der Waals surface area contributed by atoms with Crippen LogP contribution in [0.5, 0.6) is 0 Å². The number of esters is 1. The zero-order chi connectivity index (χ0) is 12.7. The summed E-state index contributed by atoms with van der Waals surface area (Å²) in [5, 5.41) is 12.2. The Morgan fingerprint density at radius 3 is 2.94 bits per heavy atom. The highest BCUT2D eigenvalue weighted by atomic mass is 16.5. The summed E-state index contributed by atoms with van der Waals surface area (Å²) < 4.78 is 4.69. The zero-order valence-electron chi connectivity index (χ0n) is 10.8. The molecule has 0 aromatic rings. The normalized spacial score (nSPS) is 25.8. The van der Waals surface area contributed by atoms with Crippen molar-refractivity contribution in [2.45, 2.75) is 25.8 Å². The van der Waals surface area contributed by atoms with E-state index in [1.807, 2.05) is 0 Å². The van der Waals surface area contributed by atoms with Gasteiger partial charge in [-0.05, 0) is 25.3 Å². The van der Waals surface area contributed by atoms with Gasteiger partial charge in [-0.2, -0.15) is 0 Å². The highest BCUT2D eigenvalue weighted by molar-refractivity contribution is 5.71. The van der Waals surface area contributed by atoms with E-state index in [2.05, 4.69) is 21.9 Å². The molecule has 2 N–H and O–H groups in total. The number of hydrogen-bond acceptors (Lipinski definition) is 5. The van der Waals surface area contributed by atoms with Gasteiger partial charge in [-0.3, -0.25) is 9.69 Å². The van der Waals surface area contributed by atoms with Crippen molar-refractivity contribution in [1.82, 2.24) is 10.2 Å². The Morgan fingerprint density at radius 1 is 1.53 bits per heavy atom. The van der Waals surface area contributed by atoms with Crippen LogP contribution in [0, 0.1) is 5.92 Å². The van der Waals surface area contributed by atoms with Crippen LogP contribution in [-0.4, -0.2) is 61.9 Å². The van der Waals surface area contributed by atoms with Crippen molar-refractivity contribution in [2.75, 3.05) is 39.9 Å². The minimum atomic E-state index is -0.173. The minimum absolute atomic E-state index is 0.173. The van der Waals surface area contributed by atoms with Crippen LogP contribution in [0.3, 0.4) is 0 Å². The zero-order valence-corrected chi connectivity index (χ0v) is 10.8. The summed E-state index contributed by atoms with van der Waals surface area (Å²) in [6.07, 6.45) is 1.91. The van der Waals surface area contributed by atoms with Gasteiger partial charge in [0.15, 0.2) is 0 Å². The minimum Gasteiger partial charge on any atom is -0.468 e. The second kappa shape index (κ2) is 7.63. The fraction of sp³-hybridized carbons (Fsp3) is 0.917. The molecule has 2 atom stereocenters. The summed E-state index contributed by atoms with van der Waals surface area (Å²) in [7, 11) is 1.42. The number of ether oxygens (including phenoxy) is 1. The lowest BCUT2D eigenvalue weighted by Crippen LogP contribution is -2.50. The number of methoxy groups -OCH3 is 1. The van der Waals surface area contributed by atoms with E-state index in [-0.39, 0.29) is 12.6 Å². The van der Waals surface area contributed by atoms with Gasteiger partial charge < -0.3 is 15.2 Å². The predicted molar refractivity (Wildman–Crippen MR) is 65.7 cm³/mol.